The zero-order valence-corrected chi connectivity index (χ0v) is 18.5. The van der Waals surface area contributed by atoms with Crippen LogP contribution in [0, 0.1) is 0 Å². The number of hydrogen-bond donors (Lipinski definition) is 2. The summed E-state index contributed by atoms with van der Waals surface area (Å²) in [5.74, 6) is -0.934. The fourth-order valence-electron chi connectivity index (χ4n) is 3.13. The summed E-state index contributed by atoms with van der Waals surface area (Å²) in [4.78, 5) is 11.3. The minimum Gasteiger partial charge on any atom is -0.479 e. The second-order valence-electron chi connectivity index (χ2n) is 7.07. The number of carboxylic acids is 1. The van der Waals surface area contributed by atoms with Crippen LogP contribution in [0.15, 0.2) is 54.6 Å². The number of thiocarbonyl (C=S) groups is 1. The van der Waals surface area contributed by atoms with Crippen LogP contribution < -0.4 is 5.32 Å². The molecule has 0 amide bonds. The first-order chi connectivity index (χ1) is 14.5. The van der Waals surface area contributed by atoms with Gasteiger partial charge in [-0.25, -0.2) is 4.79 Å². The topological polar surface area (TPSA) is 67.8 Å². The first-order valence-electron chi connectivity index (χ1n) is 10.4. The zero-order chi connectivity index (χ0) is 21.8. The van der Waals surface area contributed by atoms with E-state index in [-0.39, 0.29) is 6.10 Å². The van der Waals surface area contributed by atoms with Gasteiger partial charge in [-0.15, -0.1) is 0 Å². The van der Waals surface area contributed by atoms with Gasteiger partial charge in [-0.2, -0.15) is 0 Å². The van der Waals surface area contributed by atoms with E-state index in [1.54, 1.807) is 6.92 Å². The number of carbonyl (C=O) groups is 1. The van der Waals surface area contributed by atoms with E-state index in [1.807, 2.05) is 42.5 Å². The van der Waals surface area contributed by atoms with Crippen molar-refractivity contribution >= 4 is 23.4 Å². The summed E-state index contributed by atoms with van der Waals surface area (Å²) in [5, 5.41) is 12.8. The Morgan fingerprint density at radius 1 is 1.07 bits per heavy atom. The van der Waals surface area contributed by atoms with Crippen molar-refractivity contribution in [3.63, 3.8) is 0 Å². The van der Waals surface area contributed by atoms with Gasteiger partial charge in [0.2, 0.25) is 0 Å². The molecule has 0 bridgehead atoms. The molecule has 2 N–H and O–H groups in total. The third-order valence-corrected chi connectivity index (χ3v) is 4.96. The van der Waals surface area contributed by atoms with Gasteiger partial charge in [0.25, 0.3) is 5.17 Å². The molecule has 2 aromatic carbocycles. The van der Waals surface area contributed by atoms with E-state index in [1.165, 1.54) is 5.56 Å². The molecule has 0 fully saturated rings. The number of benzene rings is 2. The van der Waals surface area contributed by atoms with Crippen molar-refractivity contribution < 1.29 is 19.4 Å². The summed E-state index contributed by atoms with van der Waals surface area (Å²) in [6.07, 6.45) is 2.01. The highest BCUT2D eigenvalue weighted by atomic mass is 32.1. The predicted molar refractivity (Wildman–Crippen MR) is 123 cm³/mol. The molecule has 2 atom stereocenters. The molecule has 2 rings (SSSR count). The van der Waals surface area contributed by atoms with Crippen LogP contribution in [0.3, 0.4) is 0 Å². The highest BCUT2D eigenvalue weighted by molar-refractivity contribution is 7.80. The third-order valence-electron chi connectivity index (χ3n) is 4.72. The van der Waals surface area contributed by atoms with Gasteiger partial charge in [-0.05, 0) is 55.1 Å². The van der Waals surface area contributed by atoms with Crippen molar-refractivity contribution in [2.45, 2.75) is 51.7 Å². The van der Waals surface area contributed by atoms with Crippen molar-refractivity contribution in [2.75, 3.05) is 13.2 Å². The van der Waals surface area contributed by atoms with Crippen LogP contribution >= 0.6 is 12.2 Å². The minimum atomic E-state index is -0.934. The second-order valence-corrected chi connectivity index (χ2v) is 7.44. The summed E-state index contributed by atoms with van der Waals surface area (Å²) in [7, 11) is 0. The van der Waals surface area contributed by atoms with E-state index >= 15 is 0 Å². The Hall–Kier alpha value is -2.44. The Morgan fingerprint density at radius 3 is 2.33 bits per heavy atom. The maximum absolute atomic E-state index is 11.3. The number of hydrogen-bond acceptors (Lipinski definition) is 4. The lowest BCUT2D eigenvalue weighted by Gasteiger charge is -2.20. The lowest BCUT2D eigenvalue weighted by Crippen LogP contribution is -2.26. The minimum absolute atomic E-state index is 0.128. The van der Waals surface area contributed by atoms with Crippen molar-refractivity contribution in [3.05, 3.63) is 71.3 Å². The Labute approximate surface area is 184 Å². The van der Waals surface area contributed by atoms with Crippen molar-refractivity contribution in [1.82, 2.24) is 5.32 Å². The van der Waals surface area contributed by atoms with Gasteiger partial charge in [-0.1, -0.05) is 61.5 Å². The zero-order valence-electron chi connectivity index (χ0n) is 17.7. The first kappa shape index (κ1) is 23.8. The van der Waals surface area contributed by atoms with Crippen LogP contribution in [0.1, 0.15) is 49.5 Å². The van der Waals surface area contributed by atoms with Gasteiger partial charge < -0.3 is 19.9 Å². The molecule has 5 nitrogen and oxygen atoms in total. The molecule has 1 unspecified atom stereocenters. The van der Waals surface area contributed by atoms with E-state index in [0.29, 0.717) is 18.2 Å². The van der Waals surface area contributed by atoms with Crippen LogP contribution in [0.2, 0.25) is 0 Å². The summed E-state index contributed by atoms with van der Waals surface area (Å²) >= 11 is 5.33. The normalized spacial score (nSPS) is 12.7. The molecular formula is C24H31NO4S. The molecule has 0 saturated carbocycles. The van der Waals surface area contributed by atoms with Crippen LogP contribution in [-0.4, -0.2) is 35.5 Å². The van der Waals surface area contributed by atoms with Crippen molar-refractivity contribution in [2.24, 2.45) is 0 Å². The van der Waals surface area contributed by atoms with Crippen molar-refractivity contribution in [3.8, 4) is 0 Å². The van der Waals surface area contributed by atoms with Gasteiger partial charge in [0.05, 0.1) is 0 Å². The smallest absolute Gasteiger partial charge is 0.333 e. The molecule has 0 aliphatic rings. The summed E-state index contributed by atoms with van der Waals surface area (Å²) in [6.45, 7) is 5.06. The fraction of sp³-hybridized carbons (Fsp3) is 0.417. The summed E-state index contributed by atoms with van der Waals surface area (Å²) in [6, 6.07) is 18.1. The highest BCUT2D eigenvalue weighted by Gasteiger charge is 2.18. The maximum Gasteiger partial charge on any atom is 0.333 e. The average molecular weight is 430 g/mol. The van der Waals surface area contributed by atoms with Gasteiger partial charge in [0, 0.05) is 19.6 Å². The molecule has 0 saturated heterocycles. The predicted octanol–water partition coefficient (Wildman–Crippen LogP) is 4.69. The van der Waals surface area contributed by atoms with Crippen LogP contribution in [0.5, 0.6) is 0 Å². The monoisotopic (exact) mass is 429 g/mol. The number of rotatable bonds is 12. The lowest BCUT2D eigenvalue weighted by atomic mass is 9.99. The Balaban J connectivity index is 1.98. The van der Waals surface area contributed by atoms with E-state index < -0.39 is 12.1 Å². The molecule has 0 aliphatic carbocycles. The summed E-state index contributed by atoms with van der Waals surface area (Å²) in [5.41, 5.74) is 3.20. The molecule has 0 aromatic heterocycles. The summed E-state index contributed by atoms with van der Waals surface area (Å²) < 4.78 is 11.3. The molecule has 0 heterocycles. The molecular weight excluding hydrogens is 398 g/mol. The maximum atomic E-state index is 11.3. The molecule has 0 aliphatic heterocycles. The Kier molecular flexibility index (Phi) is 10.3. The molecule has 0 spiro atoms. The number of ether oxygens (including phenoxy) is 2. The number of carboxylic acid groups (broad SMARTS) is 1. The van der Waals surface area contributed by atoms with E-state index in [2.05, 4.69) is 24.4 Å². The standard InChI is InChI=1S/C24H31NO4S/c1-3-16-25-24(30)29-21(20-8-6-5-7-9-20)15-14-18-10-12-19(13-11-18)17-22(23(26)27)28-4-2/h5-13,21-22H,3-4,14-17H2,1-2H3,(H,25,30)(H,26,27)/t21?,22-/m0/s1. The molecule has 0 radical (unpaired) electrons. The second kappa shape index (κ2) is 13.0. The van der Waals surface area contributed by atoms with Gasteiger partial charge in [-0.3, -0.25) is 0 Å². The molecule has 30 heavy (non-hydrogen) atoms. The van der Waals surface area contributed by atoms with E-state index in [0.717, 1.165) is 36.9 Å². The fourth-order valence-corrected chi connectivity index (χ4v) is 3.35. The molecule has 2 aromatic rings. The largest absolute Gasteiger partial charge is 0.479 e. The third kappa shape index (κ3) is 8.13. The lowest BCUT2D eigenvalue weighted by molar-refractivity contribution is -0.149. The first-order valence-corrected chi connectivity index (χ1v) is 10.9. The molecule has 162 valence electrons. The Morgan fingerprint density at radius 2 is 1.73 bits per heavy atom. The van der Waals surface area contributed by atoms with Crippen LogP contribution in [0.25, 0.3) is 0 Å². The number of nitrogens with one attached hydrogen (secondary N) is 1. The van der Waals surface area contributed by atoms with Crippen LogP contribution in [0.4, 0.5) is 0 Å². The van der Waals surface area contributed by atoms with Gasteiger partial charge in [0.1, 0.15) is 6.10 Å². The SMILES string of the molecule is CCCNC(=S)OC(CCc1ccc(C[C@H](OCC)C(=O)O)cc1)c1ccccc1. The van der Waals surface area contributed by atoms with E-state index in [4.69, 9.17) is 21.7 Å². The van der Waals surface area contributed by atoms with E-state index in [9.17, 15) is 9.90 Å². The van der Waals surface area contributed by atoms with Crippen LogP contribution in [-0.2, 0) is 27.1 Å². The van der Waals surface area contributed by atoms with Gasteiger partial charge in [0.15, 0.2) is 6.10 Å². The van der Waals surface area contributed by atoms with Gasteiger partial charge >= 0.3 is 5.97 Å². The molecule has 6 heteroatoms. The Bertz CT molecular complexity index is 780. The number of aliphatic carboxylic acids is 1. The highest BCUT2D eigenvalue weighted by Crippen LogP contribution is 2.24. The quantitative estimate of drug-likeness (QED) is 0.477. The average Bonchev–Trinajstić information content (AvgIpc) is 2.76. The number of aryl methyl sites for hydroxylation is 1. The van der Waals surface area contributed by atoms with Crippen molar-refractivity contribution in [1.29, 1.82) is 0 Å².